The van der Waals surface area contributed by atoms with Crippen LogP contribution < -0.4 is 5.73 Å². The maximum atomic E-state index is 5.80. The molecule has 1 aromatic rings. The van der Waals surface area contributed by atoms with Gasteiger partial charge >= 0.3 is 0 Å². The third-order valence-electron chi connectivity index (χ3n) is 2.89. The van der Waals surface area contributed by atoms with Crippen molar-refractivity contribution in [1.29, 1.82) is 0 Å². The minimum absolute atomic E-state index is 0.114. The molecule has 1 atom stereocenters. The summed E-state index contributed by atoms with van der Waals surface area (Å²) in [4.78, 5) is 6.07. The Morgan fingerprint density at radius 3 is 2.88 bits per heavy atom. The summed E-state index contributed by atoms with van der Waals surface area (Å²) in [6, 6.07) is 4.00. The van der Waals surface area contributed by atoms with Crippen molar-refractivity contribution in [3.8, 4) is 0 Å². The Labute approximate surface area is 101 Å². The molecule has 0 aliphatic carbocycles. The van der Waals surface area contributed by atoms with E-state index < -0.39 is 0 Å². The number of hydrogen-bond acceptors (Lipinski definition) is 3. The van der Waals surface area contributed by atoms with E-state index in [0.29, 0.717) is 4.99 Å². The maximum Gasteiger partial charge on any atom is 0.0831 e. The van der Waals surface area contributed by atoms with Crippen molar-refractivity contribution < 1.29 is 4.74 Å². The second kappa shape index (κ2) is 5.43. The molecule has 0 radical (unpaired) electrons. The summed E-state index contributed by atoms with van der Waals surface area (Å²) in [7, 11) is 0. The third-order valence-corrected chi connectivity index (χ3v) is 3.17. The Balaban J connectivity index is 2.00. The monoisotopic (exact) mass is 239 g/mol. The van der Waals surface area contributed by atoms with Crippen LogP contribution in [0.3, 0.4) is 0 Å². The lowest BCUT2D eigenvalue weighted by Gasteiger charge is -2.29. The zero-order chi connectivity index (χ0) is 11.4. The number of aromatic nitrogens is 1. The second-order valence-corrected chi connectivity index (χ2v) is 4.46. The summed E-state index contributed by atoms with van der Waals surface area (Å²) in [6.07, 6.45) is 1.90. The predicted molar refractivity (Wildman–Crippen MR) is 67.6 cm³/mol. The molecule has 0 spiro atoms. The minimum atomic E-state index is 0.114. The number of nitrogens with two attached hydrogens (primary N) is 1. The van der Waals surface area contributed by atoms with Gasteiger partial charge in [-0.25, -0.2) is 0 Å². The summed E-state index contributed by atoms with van der Waals surface area (Å²) >= 11 is 5.13. The maximum absolute atomic E-state index is 5.80. The highest BCUT2D eigenvalue weighted by molar-refractivity contribution is 7.80. The summed E-state index contributed by atoms with van der Waals surface area (Å²) < 4.78 is 5.32. The van der Waals surface area contributed by atoms with E-state index in [0.717, 1.165) is 38.5 Å². The fraction of sp³-hybridized carbons (Fsp3) is 0.545. The number of thiocarbonyl (C=S) groups is 1. The molecule has 1 aromatic heterocycles. The average Bonchev–Trinajstić information content (AvgIpc) is 2.80. The number of H-pyrrole nitrogens is 1. The molecule has 1 fully saturated rings. The van der Waals surface area contributed by atoms with Crippen LogP contribution in [-0.2, 0) is 4.74 Å². The first-order valence-electron chi connectivity index (χ1n) is 5.50. The molecular weight excluding hydrogens is 222 g/mol. The lowest BCUT2D eigenvalue weighted by molar-refractivity contribution is 0.0373. The van der Waals surface area contributed by atoms with Gasteiger partial charge in [0, 0.05) is 31.5 Å². The summed E-state index contributed by atoms with van der Waals surface area (Å²) in [5, 5.41) is 0. The molecular formula is C11H17N3OS. The first kappa shape index (κ1) is 11.6. The van der Waals surface area contributed by atoms with E-state index in [1.807, 2.05) is 18.3 Å². The van der Waals surface area contributed by atoms with Crippen LogP contribution in [0.5, 0.6) is 0 Å². The van der Waals surface area contributed by atoms with Crippen LogP contribution >= 0.6 is 12.2 Å². The Bertz CT molecular complexity index is 333. The van der Waals surface area contributed by atoms with Crippen molar-refractivity contribution in [3.63, 3.8) is 0 Å². The largest absolute Gasteiger partial charge is 0.393 e. The van der Waals surface area contributed by atoms with E-state index in [2.05, 4.69) is 9.88 Å². The van der Waals surface area contributed by atoms with Crippen molar-refractivity contribution in [3.05, 3.63) is 24.0 Å². The van der Waals surface area contributed by atoms with Gasteiger partial charge in [-0.2, -0.15) is 0 Å². The van der Waals surface area contributed by atoms with Crippen LogP contribution in [0.25, 0.3) is 0 Å². The summed E-state index contributed by atoms with van der Waals surface area (Å²) in [5.74, 6) is 0.114. The highest BCUT2D eigenvalue weighted by atomic mass is 32.1. The Morgan fingerprint density at radius 2 is 2.31 bits per heavy atom. The molecule has 88 valence electrons. The van der Waals surface area contributed by atoms with E-state index in [1.54, 1.807) is 0 Å². The first-order valence-corrected chi connectivity index (χ1v) is 5.91. The normalized spacial score (nSPS) is 19.5. The van der Waals surface area contributed by atoms with Gasteiger partial charge in [0.25, 0.3) is 0 Å². The summed E-state index contributed by atoms with van der Waals surface area (Å²) in [5.41, 5.74) is 6.89. The molecule has 0 bridgehead atoms. The van der Waals surface area contributed by atoms with Gasteiger partial charge in [0.2, 0.25) is 0 Å². The molecule has 2 heterocycles. The third kappa shape index (κ3) is 2.81. The van der Waals surface area contributed by atoms with Crippen molar-refractivity contribution in [1.82, 2.24) is 9.88 Å². The van der Waals surface area contributed by atoms with Crippen molar-refractivity contribution >= 4 is 17.2 Å². The number of ether oxygens (including phenoxy) is 1. The van der Waals surface area contributed by atoms with Crippen LogP contribution in [0, 0.1) is 0 Å². The SMILES string of the molecule is NC(=S)C(CN1CCOCC1)c1ccc[nH]1. The number of rotatable bonds is 4. The van der Waals surface area contributed by atoms with Gasteiger partial charge in [-0.1, -0.05) is 12.2 Å². The van der Waals surface area contributed by atoms with Crippen LogP contribution in [0.1, 0.15) is 11.6 Å². The van der Waals surface area contributed by atoms with Gasteiger partial charge in [0.05, 0.1) is 24.1 Å². The molecule has 5 heteroatoms. The molecule has 16 heavy (non-hydrogen) atoms. The van der Waals surface area contributed by atoms with Gasteiger partial charge in [0.15, 0.2) is 0 Å². The number of nitrogens with one attached hydrogen (secondary N) is 1. The van der Waals surface area contributed by atoms with Crippen LogP contribution in [0.2, 0.25) is 0 Å². The van der Waals surface area contributed by atoms with Gasteiger partial charge in [-0.3, -0.25) is 4.90 Å². The topological polar surface area (TPSA) is 54.3 Å². The quantitative estimate of drug-likeness (QED) is 0.760. The van der Waals surface area contributed by atoms with Crippen LogP contribution in [-0.4, -0.2) is 47.7 Å². The molecule has 3 N–H and O–H groups in total. The average molecular weight is 239 g/mol. The fourth-order valence-electron chi connectivity index (χ4n) is 1.94. The molecule has 0 amide bonds. The number of nitrogens with zero attached hydrogens (tertiary/aromatic N) is 1. The van der Waals surface area contributed by atoms with E-state index in [1.165, 1.54) is 0 Å². The molecule has 1 saturated heterocycles. The smallest absolute Gasteiger partial charge is 0.0831 e. The molecule has 1 unspecified atom stereocenters. The van der Waals surface area contributed by atoms with E-state index in [-0.39, 0.29) is 5.92 Å². The number of hydrogen-bond donors (Lipinski definition) is 2. The highest BCUT2D eigenvalue weighted by Gasteiger charge is 2.20. The molecule has 1 aliphatic rings. The molecule has 4 nitrogen and oxygen atoms in total. The second-order valence-electron chi connectivity index (χ2n) is 3.99. The molecule has 2 rings (SSSR count). The standard InChI is InChI=1S/C11H17N3OS/c12-11(16)9(10-2-1-3-13-10)8-14-4-6-15-7-5-14/h1-3,9,13H,4-8H2,(H2,12,16). The predicted octanol–water partition coefficient (Wildman–Crippen LogP) is 0.717. The van der Waals surface area contributed by atoms with Crippen molar-refractivity contribution in [2.45, 2.75) is 5.92 Å². The zero-order valence-corrected chi connectivity index (χ0v) is 10.0. The minimum Gasteiger partial charge on any atom is -0.393 e. The molecule has 0 aromatic carbocycles. The van der Waals surface area contributed by atoms with E-state index in [9.17, 15) is 0 Å². The lowest BCUT2D eigenvalue weighted by atomic mass is 10.1. The van der Waals surface area contributed by atoms with E-state index >= 15 is 0 Å². The molecule has 1 aliphatic heterocycles. The first-order chi connectivity index (χ1) is 7.77. The van der Waals surface area contributed by atoms with Crippen molar-refractivity contribution in [2.75, 3.05) is 32.8 Å². The lowest BCUT2D eigenvalue weighted by Crippen LogP contribution is -2.41. The van der Waals surface area contributed by atoms with Gasteiger partial charge < -0.3 is 15.5 Å². The zero-order valence-electron chi connectivity index (χ0n) is 9.19. The Kier molecular flexibility index (Phi) is 3.93. The number of morpholine rings is 1. The molecule has 0 saturated carbocycles. The van der Waals surface area contributed by atoms with Crippen LogP contribution in [0.4, 0.5) is 0 Å². The number of aromatic amines is 1. The van der Waals surface area contributed by atoms with E-state index in [4.69, 9.17) is 22.7 Å². The highest BCUT2D eigenvalue weighted by Crippen LogP contribution is 2.16. The van der Waals surface area contributed by atoms with Gasteiger partial charge in [-0.15, -0.1) is 0 Å². The van der Waals surface area contributed by atoms with Crippen molar-refractivity contribution in [2.24, 2.45) is 5.73 Å². The Hall–Kier alpha value is -0.910. The van der Waals surface area contributed by atoms with Gasteiger partial charge in [0.1, 0.15) is 0 Å². The summed E-state index contributed by atoms with van der Waals surface area (Å²) in [6.45, 7) is 4.39. The fourth-order valence-corrected chi connectivity index (χ4v) is 2.15. The Morgan fingerprint density at radius 1 is 1.56 bits per heavy atom. The van der Waals surface area contributed by atoms with Gasteiger partial charge in [-0.05, 0) is 12.1 Å². The van der Waals surface area contributed by atoms with Crippen LogP contribution in [0.15, 0.2) is 18.3 Å².